The van der Waals surface area contributed by atoms with Crippen molar-refractivity contribution in [2.75, 3.05) is 6.54 Å². The lowest BCUT2D eigenvalue weighted by Gasteiger charge is -2.35. The number of sulfonamides is 1. The molecule has 0 N–H and O–H groups in total. The molecule has 7 heteroatoms. The zero-order chi connectivity index (χ0) is 17.2. The molecule has 5 nitrogen and oxygen atoms in total. The van der Waals surface area contributed by atoms with Gasteiger partial charge in [0, 0.05) is 12.7 Å². The molecular formula is C17H16FN3O2S. The first-order chi connectivity index (χ1) is 11.5. The summed E-state index contributed by atoms with van der Waals surface area (Å²) < 4.78 is 40.7. The highest BCUT2D eigenvalue weighted by Gasteiger charge is 2.35. The molecule has 1 fully saturated rings. The zero-order valence-electron chi connectivity index (χ0n) is 12.9. The fourth-order valence-corrected chi connectivity index (χ4v) is 4.80. The van der Waals surface area contributed by atoms with E-state index in [2.05, 4.69) is 4.98 Å². The topological polar surface area (TPSA) is 74.1 Å². The maximum absolute atomic E-state index is 13.2. The lowest BCUT2D eigenvalue weighted by Crippen LogP contribution is -2.38. The average Bonchev–Trinajstić information content (AvgIpc) is 2.62. The largest absolute Gasteiger partial charge is 0.246 e. The van der Waals surface area contributed by atoms with E-state index in [0.29, 0.717) is 13.0 Å². The smallest absolute Gasteiger partial charge is 0.244 e. The molecular weight excluding hydrogens is 329 g/mol. The molecule has 2 heterocycles. The fourth-order valence-electron chi connectivity index (χ4n) is 3.02. The minimum atomic E-state index is -3.86. The van der Waals surface area contributed by atoms with Crippen LogP contribution in [-0.2, 0) is 10.0 Å². The second-order valence-corrected chi connectivity index (χ2v) is 7.50. The minimum Gasteiger partial charge on any atom is -0.244 e. The van der Waals surface area contributed by atoms with Gasteiger partial charge in [0.2, 0.25) is 10.0 Å². The van der Waals surface area contributed by atoms with Gasteiger partial charge in [-0.1, -0.05) is 18.6 Å². The van der Waals surface area contributed by atoms with Crippen LogP contribution in [0.5, 0.6) is 0 Å². The monoisotopic (exact) mass is 345 g/mol. The van der Waals surface area contributed by atoms with Crippen molar-refractivity contribution < 1.29 is 12.8 Å². The number of nitriles is 1. The Bertz CT molecular complexity index is 875. The highest BCUT2D eigenvalue weighted by Crippen LogP contribution is 2.35. The van der Waals surface area contributed by atoms with Gasteiger partial charge in [-0.2, -0.15) is 9.57 Å². The van der Waals surface area contributed by atoms with Gasteiger partial charge in [0.05, 0.1) is 6.04 Å². The van der Waals surface area contributed by atoms with E-state index < -0.39 is 10.0 Å². The third-order valence-corrected chi connectivity index (χ3v) is 6.11. The summed E-state index contributed by atoms with van der Waals surface area (Å²) in [6.45, 7) is 0.365. The Labute approximate surface area is 140 Å². The molecule has 124 valence electrons. The number of pyridine rings is 1. The van der Waals surface area contributed by atoms with Gasteiger partial charge < -0.3 is 0 Å². The molecule has 0 aliphatic carbocycles. The van der Waals surface area contributed by atoms with Crippen LogP contribution in [0.2, 0.25) is 0 Å². The third-order valence-electron chi connectivity index (χ3n) is 4.17. The van der Waals surface area contributed by atoms with E-state index in [1.807, 2.05) is 6.07 Å². The highest BCUT2D eigenvalue weighted by molar-refractivity contribution is 7.89. The van der Waals surface area contributed by atoms with Gasteiger partial charge in [0.25, 0.3) is 0 Å². The van der Waals surface area contributed by atoms with Gasteiger partial charge in [-0.25, -0.2) is 17.8 Å². The molecule has 1 atom stereocenters. The van der Waals surface area contributed by atoms with Crippen molar-refractivity contribution in [3.8, 4) is 6.07 Å². The van der Waals surface area contributed by atoms with Crippen molar-refractivity contribution in [2.24, 2.45) is 0 Å². The molecule has 0 bridgehead atoms. The van der Waals surface area contributed by atoms with Crippen LogP contribution in [0.1, 0.15) is 36.6 Å². The van der Waals surface area contributed by atoms with E-state index in [4.69, 9.17) is 5.26 Å². The maximum Gasteiger partial charge on any atom is 0.246 e. The second-order valence-electron chi connectivity index (χ2n) is 5.64. The standard InChI is InChI=1S/C17H16FN3O2S/c18-14-8-6-13(7-9-14)16-4-1-2-11-21(16)24(22,23)17-5-3-10-20-15(17)12-19/h3,5-10,16H,1-2,4,11H2/t16-/m1/s1. The Morgan fingerprint density at radius 3 is 2.67 bits per heavy atom. The van der Waals surface area contributed by atoms with E-state index in [0.717, 1.165) is 18.4 Å². The van der Waals surface area contributed by atoms with Crippen LogP contribution in [0.4, 0.5) is 4.39 Å². The molecule has 0 saturated carbocycles. The van der Waals surface area contributed by atoms with Crippen LogP contribution in [-0.4, -0.2) is 24.3 Å². The van der Waals surface area contributed by atoms with E-state index in [1.54, 1.807) is 12.1 Å². The number of nitrogens with zero attached hydrogens (tertiary/aromatic N) is 3. The van der Waals surface area contributed by atoms with Crippen molar-refractivity contribution >= 4 is 10.0 Å². The summed E-state index contributed by atoms with van der Waals surface area (Å²) in [5.41, 5.74) is 0.642. The van der Waals surface area contributed by atoms with Crippen LogP contribution < -0.4 is 0 Å². The van der Waals surface area contributed by atoms with Crippen molar-refractivity contribution in [2.45, 2.75) is 30.2 Å². The summed E-state index contributed by atoms with van der Waals surface area (Å²) in [5, 5.41) is 9.16. The van der Waals surface area contributed by atoms with Crippen LogP contribution in [0.15, 0.2) is 47.5 Å². The number of hydrogen-bond donors (Lipinski definition) is 0. The Kier molecular flexibility index (Phi) is 4.60. The van der Waals surface area contributed by atoms with Crippen LogP contribution in [0.3, 0.4) is 0 Å². The fraction of sp³-hybridized carbons (Fsp3) is 0.294. The number of rotatable bonds is 3. The minimum absolute atomic E-state index is 0.0819. The van der Waals surface area contributed by atoms with E-state index in [-0.39, 0.29) is 22.4 Å². The summed E-state index contributed by atoms with van der Waals surface area (Å²) in [6, 6.07) is 10.3. The molecule has 2 aromatic rings. The van der Waals surface area contributed by atoms with Crippen molar-refractivity contribution in [3.63, 3.8) is 0 Å². The van der Waals surface area contributed by atoms with Gasteiger partial charge in [0.15, 0.2) is 5.69 Å². The number of hydrogen-bond acceptors (Lipinski definition) is 4. The predicted octanol–water partition coefficient (Wildman–Crippen LogP) is 3.01. The molecule has 0 amide bonds. The van der Waals surface area contributed by atoms with Gasteiger partial charge in [-0.15, -0.1) is 0 Å². The van der Waals surface area contributed by atoms with Gasteiger partial charge >= 0.3 is 0 Å². The molecule has 0 spiro atoms. The molecule has 3 rings (SSSR count). The number of aromatic nitrogens is 1. The van der Waals surface area contributed by atoms with Crippen LogP contribution in [0.25, 0.3) is 0 Å². The van der Waals surface area contributed by atoms with Gasteiger partial charge in [-0.3, -0.25) is 0 Å². The SMILES string of the molecule is N#Cc1ncccc1S(=O)(=O)N1CCCC[C@@H]1c1ccc(F)cc1. The van der Waals surface area contributed by atoms with Gasteiger partial charge in [0.1, 0.15) is 16.8 Å². The molecule has 1 aromatic heterocycles. The summed E-state index contributed by atoms with van der Waals surface area (Å²) in [5.74, 6) is -0.358. The van der Waals surface area contributed by atoms with E-state index in [9.17, 15) is 12.8 Å². The molecule has 1 saturated heterocycles. The van der Waals surface area contributed by atoms with Crippen molar-refractivity contribution in [3.05, 3.63) is 59.7 Å². The first-order valence-electron chi connectivity index (χ1n) is 7.66. The van der Waals surface area contributed by atoms with Crippen molar-refractivity contribution in [1.29, 1.82) is 5.26 Å². The van der Waals surface area contributed by atoms with Crippen LogP contribution in [0, 0.1) is 17.1 Å². The molecule has 24 heavy (non-hydrogen) atoms. The van der Waals surface area contributed by atoms with Crippen LogP contribution >= 0.6 is 0 Å². The molecule has 0 unspecified atom stereocenters. The average molecular weight is 345 g/mol. The van der Waals surface area contributed by atoms with E-state index >= 15 is 0 Å². The lowest BCUT2D eigenvalue weighted by atomic mass is 9.97. The first-order valence-corrected chi connectivity index (χ1v) is 9.10. The molecule has 1 aliphatic rings. The summed E-state index contributed by atoms with van der Waals surface area (Å²) in [7, 11) is -3.86. The number of piperidine rings is 1. The summed E-state index contributed by atoms with van der Waals surface area (Å²) in [4.78, 5) is 3.77. The Morgan fingerprint density at radius 1 is 1.21 bits per heavy atom. The summed E-state index contributed by atoms with van der Waals surface area (Å²) in [6.07, 6.45) is 3.70. The molecule has 1 aliphatic heterocycles. The Balaban J connectivity index is 2.04. The maximum atomic E-state index is 13.2. The Hall–Kier alpha value is -2.30. The van der Waals surface area contributed by atoms with E-state index in [1.165, 1.54) is 34.8 Å². The van der Waals surface area contributed by atoms with Crippen molar-refractivity contribution in [1.82, 2.24) is 9.29 Å². The second kappa shape index (κ2) is 6.67. The Morgan fingerprint density at radius 2 is 1.96 bits per heavy atom. The predicted molar refractivity (Wildman–Crippen MR) is 85.8 cm³/mol. The summed E-state index contributed by atoms with van der Waals surface area (Å²) >= 11 is 0. The zero-order valence-corrected chi connectivity index (χ0v) is 13.7. The lowest BCUT2D eigenvalue weighted by molar-refractivity contribution is 0.255. The number of benzene rings is 1. The molecule has 1 aromatic carbocycles. The number of halogens is 1. The third kappa shape index (κ3) is 3.03. The quantitative estimate of drug-likeness (QED) is 0.857. The molecule has 0 radical (unpaired) electrons. The normalized spacial score (nSPS) is 18.9. The highest BCUT2D eigenvalue weighted by atomic mass is 32.2. The first kappa shape index (κ1) is 16.6. The van der Waals surface area contributed by atoms with Gasteiger partial charge in [-0.05, 0) is 42.7 Å².